The number of anilines is 2. The van der Waals surface area contributed by atoms with E-state index in [1.54, 1.807) is 37.4 Å². The molecule has 3 aromatic rings. The van der Waals surface area contributed by atoms with Crippen LogP contribution in [-0.4, -0.2) is 40.3 Å². The predicted molar refractivity (Wildman–Crippen MR) is 111 cm³/mol. The molecule has 0 aliphatic carbocycles. The summed E-state index contributed by atoms with van der Waals surface area (Å²) in [5, 5.41) is 9.92. The van der Waals surface area contributed by atoms with Crippen molar-refractivity contribution in [2.24, 2.45) is 0 Å². The zero-order valence-corrected chi connectivity index (χ0v) is 16.6. The van der Waals surface area contributed by atoms with E-state index in [1.165, 1.54) is 4.68 Å². The Labute approximate surface area is 173 Å². The maximum atomic E-state index is 12.6. The van der Waals surface area contributed by atoms with Crippen LogP contribution in [0.4, 0.5) is 11.6 Å². The molecule has 0 spiro atoms. The van der Waals surface area contributed by atoms with Gasteiger partial charge in [-0.15, -0.1) is 5.10 Å². The van der Waals surface area contributed by atoms with Gasteiger partial charge in [0.15, 0.2) is 5.82 Å². The van der Waals surface area contributed by atoms with Crippen molar-refractivity contribution in [1.82, 2.24) is 14.8 Å². The summed E-state index contributed by atoms with van der Waals surface area (Å²) in [6.07, 6.45) is -0.0787. The minimum absolute atomic E-state index is 0.0787. The zero-order chi connectivity index (χ0) is 21.1. The quantitative estimate of drug-likeness (QED) is 0.624. The third kappa shape index (κ3) is 3.82. The molecule has 0 bridgehead atoms. The van der Waals surface area contributed by atoms with Gasteiger partial charge in [-0.3, -0.25) is 14.9 Å². The number of carbonyl (C=O) groups is 2. The minimum atomic E-state index is -0.779. The van der Waals surface area contributed by atoms with E-state index in [9.17, 15) is 9.59 Å². The number of para-hydroxylation sites is 2. The summed E-state index contributed by atoms with van der Waals surface area (Å²) in [4.78, 5) is 29.3. The smallest absolute Gasteiger partial charge is 0.252 e. The van der Waals surface area contributed by atoms with Crippen LogP contribution in [0.5, 0.6) is 11.5 Å². The molecule has 9 nitrogen and oxygen atoms in total. The van der Waals surface area contributed by atoms with Crippen molar-refractivity contribution in [1.29, 1.82) is 0 Å². The molecule has 1 atom stereocenters. The van der Waals surface area contributed by atoms with Gasteiger partial charge in [0.1, 0.15) is 17.5 Å². The third-order valence-corrected chi connectivity index (χ3v) is 4.65. The van der Waals surface area contributed by atoms with Crippen molar-refractivity contribution in [3.8, 4) is 22.9 Å². The summed E-state index contributed by atoms with van der Waals surface area (Å²) >= 11 is 0. The average molecular weight is 407 g/mol. The molecule has 154 valence electrons. The molecular formula is C21H21N5O4. The van der Waals surface area contributed by atoms with Crippen molar-refractivity contribution >= 4 is 23.5 Å². The molecule has 0 radical (unpaired) electrons. The number of aromatic nitrogens is 3. The van der Waals surface area contributed by atoms with Gasteiger partial charge >= 0.3 is 0 Å². The first-order valence-corrected chi connectivity index (χ1v) is 9.52. The van der Waals surface area contributed by atoms with Crippen molar-refractivity contribution in [2.75, 3.05) is 24.4 Å². The summed E-state index contributed by atoms with van der Waals surface area (Å²) < 4.78 is 12.1. The number of hydrogen-bond acceptors (Lipinski definition) is 6. The van der Waals surface area contributed by atoms with E-state index in [0.717, 1.165) is 11.3 Å². The summed E-state index contributed by atoms with van der Waals surface area (Å²) in [6.45, 7) is 2.35. The molecule has 0 saturated heterocycles. The van der Waals surface area contributed by atoms with Crippen LogP contribution in [0.3, 0.4) is 0 Å². The number of carbonyl (C=O) groups excluding carboxylic acids is 2. The number of benzene rings is 2. The van der Waals surface area contributed by atoms with Gasteiger partial charge in [-0.2, -0.15) is 4.98 Å². The van der Waals surface area contributed by atoms with Crippen molar-refractivity contribution in [2.45, 2.75) is 19.4 Å². The summed E-state index contributed by atoms with van der Waals surface area (Å²) in [7, 11) is 1.59. The molecule has 2 N–H and O–H groups in total. The standard InChI is InChI=1S/C21H21N5O4/c1-3-30-17-7-5-4-6-15(17)22-18(27)12-16-20(28)24-21-23-19(25-26(16)21)13-8-10-14(29-2)11-9-13/h4-11,16H,3,12H2,1-2H3,(H,22,27)(H,23,24,25,28). The van der Waals surface area contributed by atoms with Gasteiger partial charge in [-0.1, -0.05) is 12.1 Å². The molecule has 9 heteroatoms. The Hall–Kier alpha value is -3.88. The first-order valence-electron chi connectivity index (χ1n) is 9.52. The lowest BCUT2D eigenvalue weighted by Gasteiger charge is -2.13. The van der Waals surface area contributed by atoms with E-state index in [1.807, 2.05) is 25.1 Å². The molecule has 2 aromatic carbocycles. The highest BCUT2D eigenvalue weighted by atomic mass is 16.5. The lowest BCUT2D eigenvalue weighted by atomic mass is 10.2. The van der Waals surface area contributed by atoms with E-state index in [0.29, 0.717) is 29.8 Å². The van der Waals surface area contributed by atoms with Crippen LogP contribution in [0.25, 0.3) is 11.4 Å². The van der Waals surface area contributed by atoms with Crippen LogP contribution < -0.4 is 20.1 Å². The number of rotatable bonds is 7. The van der Waals surface area contributed by atoms with Crippen LogP contribution in [0.1, 0.15) is 19.4 Å². The number of methoxy groups -OCH3 is 1. The van der Waals surface area contributed by atoms with Gasteiger partial charge in [0.05, 0.1) is 25.8 Å². The van der Waals surface area contributed by atoms with E-state index >= 15 is 0 Å². The highest BCUT2D eigenvalue weighted by molar-refractivity contribution is 6.01. The number of amides is 2. The molecule has 1 aliphatic rings. The van der Waals surface area contributed by atoms with E-state index in [4.69, 9.17) is 9.47 Å². The average Bonchev–Trinajstić information content (AvgIpc) is 3.28. The maximum Gasteiger partial charge on any atom is 0.252 e. The molecule has 0 saturated carbocycles. The van der Waals surface area contributed by atoms with E-state index in [2.05, 4.69) is 20.7 Å². The second kappa shape index (κ2) is 8.24. The molecule has 1 unspecified atom stereocenters. The van der Waals surface area contributed by atoms with Crippen molar-refractivity contribution < 1.29 is 19.1 Å². The molecule has 0 fully saturated rings. The summed E-state index contributed by atoms with van der Waals surface area (Å²) in [5.41, 5.74) is 1.33. The number of hydrogen-bond donors (Lipinski definition) is 2. The lowest BCUT2D eigenvalue weighted by Crippen LogP contribution is -2.24. The van der Waals surface area contributed by atoms with Gasteiger partial charge in [0.2, 0.25) is 11.9 Å². The number of nitrogens with one attached hydrogen (secondary N) is 2. The largest absolute Gasteiger partial charge is 0.497 e. The molecule has 1 aliphatic heterocycles. The Morgan fingerprint density at radius 1 is 1.20 bits per heavy atom. The summed E-state index contributed by atoms with van der Waals surface area (Å²) in [5.74, 6) is 1.43. The first-order chi connectivity index (χ1) is 14.6. The Morgan fingerprint density at radius 2 is 1.97 bits per heavy atom. The van der Waals surface area contributed by atoms with E-state index in [-0.39, 0.29) is 18.2 Å². The predicted octanol–water partition coefficient (Wildman–Crippen LogP) is 2.87. The second-order valence-corrected chi connectivity index (χ2v) is 6.62. The first kappa shape index (κ1) is 19.4. The second-order valence-electron chi connectivity index (χ2n) is 6.62. The fourth-order valence-electron chi connectivity index (χ4n) is 3.20. The van der Waals surface area contributed by atoms with Crippen LogP contribution in [0.15, 0.2) is 48.5 Å². The topological polar surface area (TPSA) is 107 Å². The number of nitrogens with zero attached hydrogens (tertiary/aromatic N) is 3. The Balaban J connectivity index is 1.50. The number of fused-ring (bicyclic) bond motifs is 1. The van der Waals surface area contributed by atoms with Crippen molar-refractivity contribution in [3.05, 3.63) is 48.5 Å². The van der Waals surface area contributed by atoms with Crippen LogP contribution in [0, 0.1) is 0 Å². The monoisotopic (exact) mass is 407 g/mol. The fourth-order valence-corrected chi connectivity index (χ4v) is 3.20. The number of ether oxygens (including phenoxy) is 2. The van der Waals surface area contributed by atoms with Crippen molar-refractivity contribution in [3.63, 3.8) is 0 Å². The molecule has 2 heterocycles. The van der Waals surface area contributed by atoms with Crippen LogP contribution in [-0.2, 0) is 9.59 Å². The fraction of sp³-hybridized carbons (Fsp3) is 0.238. The van der Waals surface area contributed by atoms with Crippen LogP contribution in [0.2, 0.25) is 0 Å². The summed E-state index contributed by atoms with van der Waals surface area (Å²) in [6, 6.07) is 13.7. The minimum Gasteiger partial charge on any atom is -0.497 e. The Kier molecular flexibility index (Phi) is 5.34. The molecule has 2 amide bonds. The van der Waals surface area contributed by atoms with Gasteiger partial charge in [0.25, 0.3) is 5.91 Å². The third-order valence-electron chi connectivity index (χ3n) is 4.65. The highest BCUT2D eigenvalue weighted by Gasteiger charge is 2.35. The molecular weight excluding hydrogens is 386 g/mol. The van der Waals surface area contributed by atoms with Gasteiger partial charge in [0, 0.05) is 5.56 Å². The Bertz CT molecular complexity index is 1080. The normalized spacial score (nSPS) is 14.7. The zero-order valence-electron chi connectivity index (χ0n) is 16.6. The molecule has 1 aromatic heterocycles. The lowest BCUT2D eigenvalue weighted by molar-refractivity contribution is -0.123. The molecule has 4 rings (SSSR count). The van der Waals surface area contributed by atoms with Gasteiger partial charge < -0.3 is 14.8 Å². The van der Waals surface area contributed by atoms with Crippen LogP contribution >= 0.6 is 0 Å². The van der Waals surface area contributed by atoms with Gasteiger partial charge in [-0.25, -0.2) is 4.68 Å². The SMILES string of the molecule is CCOc1ccccc1NC(=O)CC1C(=O)Nc2nc(-c3ccc(OC)cc3)nn21. The highest BCUT2D eigenvalue weighted by Crippen LogP contribution is 2.30. The Morgan fingerprint density at radius 3 is 2.70 bits per heavy atom. The van der Waals surface area contributed by atoms with E-state index < -0.39 is 6.04 Å². The molecule has 30 heavy (non-hydrogen) atoms. The van der Waals surface area contributed by atoms with Gasteiger partial charge in [-0.05, 0) is 43.3 Å². The maximum absolute atomic E-state index is 12.6.